The molecule has 2 aliphatic rings. The van der Waals surface area contributed by atoms with Crippen LogP contribution in [0.4, 0.5) is 11.4 Å². The molecule has 0 atom stereocenters. The highest BCUT2D eigenvalue weighted by Gasteiger charge is 2.22. The number of hydrogen-bond acceptors (Lipinski definition) is 5. The zero-order valence-electron chi connectivity index (χ0n) is 15.6. The predicted molar refractivity (Wildman–Crippen MR) is 111 cm³/mol. The molecule has 0 bridgehead atoms. The Labute approximate surface area is 168 Å². The van der Waals surface area contributed by atoms with E-state index in [9.17, 15) is 9.90 Å². The maximum absolute atomic E-state index is 11.5. The van der Waals surface area contributed by atoms with Gasteiger partial charge >= 0.3 is 5.97 Å². The summed E-state index contributed by atoms with van der Waals surface area (Å²) in [5.41, 5.74) is 6.29. The molecule has 0 aliphatic carbocycles. The van der Waals surface area contributed by atoms with Crippen molar-refractivity contribution >= 4 is 22.9 Å². The van der Waals surface area contributed by atoms with E-state index in [0.29, 0.717) is 25.6 Å². The molecule has 0 fully saturated rings. The number of aromatic nitrogens is 1. The van der Waals surface area contributed by atoms with Crippen molar-refractivity contribution in [2.75, 3.05) is 23.4 Å². The maximum atomic E-state index is 11.5. The summed E-state index contributed by atoms with van der Waals surface area (Å²) in [6, 6.07) is 15.1. The topological polar surface area (TPSA) is 74.7 Å². The van der Waals surface area contributed by atoms with Crippen molar-refractivity contribution < 1.29 is 14.6 Å². The first-order valence-corrected chi connectivity index (χ1v) is 9.42. The van der Waals surface area contributed by atoms with Crippen LogP contribution < -0.4 is 15.0 Å². The molecular formula is C23H19N3O3. The van der Waals surface area contributed by atoms with Gasteiger partial charge in [-0.25, -0.2) is 4.79 Å². The molecular weight excluding hydrogens is 366 g/mol. The normalized spacial score (nSPS) is 15.6. The number of pyridine rings is 1. The third kappa shape index (κ3) is 3.08. The Morgan fingerprint density at radius 1 is 1.21 bits per heavy atom. The molecule has 6 heteroatoms. The monoisotopic (exact) mass is 385 g/mol. The van der Waals surface area contributed by atoms with E-state index < -0.39 is 5.97 Å². The van der Waals surface area contributed by atoms with Gasteiger partial charge in [0.25, 0.3) is 0 Å². The molecule has 0 radical (unpaired) electrons. The number of carboxylic acids is 1. The average Bonchev–Trinajstić information content (AvgIpc) is 3.09. The van der Waals surface area contributed by atoms with Gasteiger partial charge in [-0.1, -0.05) is 30.3 Å². The third-order valence-corrected chi connectivity index (χ3v) is 5.32. The van der Waals surface area contributed by atoms with Gasteiger partial charge in [-0.2, -0.15) is 0 Å². The van der Waals surface area contributed by atoms with Crippen LogP contribution in [0, 0.1) is 0 Å². The number of fused-ring (bicyclic) bond motifs is 3. The fraction of sp³-hybridized carbons (Fsp3) is 0.130. The summed E-state index contributed by atoms with van der Waals surface area (Å²) in [7, 11) is 0. The lowest BCUT2D eigenvalue weighted by atomic mass is 9.93. The first-order valence-electron chi connectivity index (χ1n) is 9.42. The lowest BCUT2D eigenvalue weighted by Gasteiger charge is -2.17. The molecule has 144 valence electrons. The van der Waals surface area contributed by atoms with Crippen LogP contribution in [-0.4, -0.2) is 29.3 Å². The molecule has 3 aromatic rings. The molecule has 5 rings (SSSR count). The number of aromatic carboxylic acids is 1. The highest BCUT2D eigenvalue weighted by Crippen LogP contribution is 2.38. The number of carboxylic acid groups (broad SMARTS) is 1. The van der Waals surface area contributed by atoms with Crippen molar-refractivity contribution in [2.24, 2.45) is 0 Å². The van der Waals surface area contributed by atoms with Crippen molar-refractivity contribution in [3.05, 3.63) is 89.3 Å². The summed E-state index contributed by atoms with van der Waals surface area (Å²) >= 11 is 0. The van der Waals surface area contributed by atoms with E-state index in [1.54, 1.807) is 24.4 Å². The predicted octanol–water partition coefficient (Wildman–Crippen LogP) is 3.99. The van der Waals surface area contributed by atoms with E-state index in [-0.39, 0.29) is 5.56 Å². The Kier molecular flexibility index (Phi) is 4.17. The molecule has 29 heavy (non-hydrogen) atoms. The second-order valence-electron chi connectivity index (χ2n) is 7.03. The van der Waals surface area contributed by atoms with Crippen LogP contribution in [0.3, 0.4) is 0 Å². The maximum Gasteiger partial charge on any atom is 0.335 e. The van der Waals surface area contributed by atoms with E-state index in [4.69, 9.17) is 4.74 Å². The fourth-order valence-electron chi connectivity index (χ4n) is 3.85. The number of hydrogen-bond donors (Lipinski definition) is 2. The summed E-state index contributed by atoms with van der Waals surface area (Å²) in [5.74, 6) is -0.257. The largest absolute Gasteiger partial charge is 0.488 e. The van der Waals surface area contributed by atoms with Crippen LogP contribution in [-0.2, 0) is 6.61 Å². The number of anilines is 2. The summed E-state index contributed by atoms with van der Waals surface area (Å²) < 4.78 is 6.00. The summed E-state index contributed by atoms with van der Waals surface area (Å²) in [6.07, 6.45) is 5.77. The van der Waals surface area contributed by atoms with Crippen LogP contribution >= 0.6 is 0 Å². The second-order valence-corrected chi connectivity index (χ2v) is 7.03. The van der Waals surface area contributed by atoms with Crippen LogP contribution in [0.15, 0.2) is 67.0 Å². The summed E-state index contributed by atoms with van der Waals surface area (Å²) in [6.45, 7) is 1.81. The van der Waals surface area contributed by atoms with Gasteiger partial charge in [0.05, 0.1) is 29.8 Å². The zero-order valence-corrected chi connectivity index (χ0v) is 15.6. The molecule has 3 heterocycles. The van der Waals surface area contributed by atoms with Crippen molar-refractivity contribution in [2.45, 2.75) is 6.61 Å². The van der Waals surface area contributed by atoms with E-state index in [0.717, 1.165) is 33.6 Å². The first-order chi connectivity index (χ1) is 14.2. The smallest absolute Gasteiger partial charge is 0.335 e. The standard InChI is InChI=1S/C23H19N3O3/c27-23(28)15-5-6-22-19(11-15)18(17-4-2-1-3-16(17)13-29-22)8-10-26-14-25-20-7-9-24-12-21(20)26/h1-9,11-12,25H,10,13-14H2,(H,27,28)/b18-8+. The Morgan fingerprint density at radius 3 is 3.00 bits per heavy atom. The van der Waals surface area contributed by atoms with E-state index in [1.807, 2.05) is 30.5 Å². The molecule has 2 N–H and O–H groups in total. The van der Waals surface area contributed by atoms with Crippen LogP contribution in [0.2, 0.25) is 0 Å². The van der Waals surface area contributed by atoms with Gasteiger partial charge in [-0.15, -0.1) is 0 Å². The van der Waals surface area contributed by atoms with Gasteiger partial charge in [-0.05, 0) is 41.0 Å². The molecule has 0 saturated carbocycles. The molecule has 0 spiro atoms. The van der Waals surface area contributed by atoms with Crippen molar-refractivity contribution in [3.63, 3.8) is 0 Å². The number of nitrogens with one attached hydrogen (secondary N) is 1. The molecule has 1 aromatic heterocycles. The summed E-state index contributed by atoms with van der Waals surface area (Å²) in [5, 5.41) is 12.8. The molecule has 2 aromatic carbocycles. The summed E-state index contributed by atoms with van der Waals surface area (Å²) in [4.78, 5) is 18.0. The second kappa shape index (κ2) is 6.98. The number of carbonyl (C=O) groups is 1. The Morgan fingerprint density at radius 2 is 2.10 bits per heavy atom. The Bertz CT molecular complexity index is 1140. The fourth-order valence-corrected chi connectivity index (χ4v) is 3.85. The average molecular weight is 385 g/mol. The molecule has 6 nitrogen and oxygen atoms in total. The molecule has 0 unspecified atom stereocenters. The van der Waals surface area contributed by atoms with Crippen LogP contribution in [0.25, 0.3) is 5.57 Å². The van der Waals surface area contributed by atoms with Gasteiger partial charge in [0.2, 0.25) is 0 Å². The molecule has 2 aliphatic heterocycles. The molecule has 0 saturated heterocycles. The minimum Gasteiger partial charge on any atom is -0.488 e. The Balaban J connectivity index is 1.60. The highest BCUT2D eigenvalue weighted by atomic mass is 16.5. The number of rotatable bonds is 3. The highest BCUT2D eigenvalue weighted by molar-refractivity contribution is 5.92. The minimum atomic E-state index is -0.951. The van der Waals surface area contributed by atoms with Crippen LogP contribution in [0.5, 0.6) is 5.75 Å². The zero-order chi connectivity index (χ0) is 19.8. The van der Waals surface area contributed by atoms with Crippen molar-refractivity contribution in [1.82, 2.24) is 4.98 Å². The van der Waals surface area contributed by atoms with E-state index in [1.165, 1.54) is 0 Å². The first kappa shape index (κ1) is 17.3. The van der Waals surface area contributed by atoms with Crippen molar-refractivity contribution in [3.8, 4) is 5.75 Å². The van der Waals surface area contributed by atoms with E-state index in [2.05, 4.69) is 27.3 Å². The van der Waals surface area contributed by atoms with Crippen molar-refractivity contribution in [1.29, 1.82) is 0 Å². The quantitative estimate of drug-likeness (QED) is 0.710. The Hall–Kier alpha value is -3.80. The lowest BCUT2D eigenvalue weighted by Crippen LogP contribution is -2.23. The number of nitrogens with zero attached hydrogens (tertiary/aromatic N) is 2. The number of ether oxygens (including phenoxy) is 1. The van der Waals surface area contributed by atoms with Gasteiger partial charge in [0.1, 0.15) is 12.4 Å². The molecule has 0 amide bonds. The van der Waals surface area contributed by atoms with Gasteiger partial charge < -0.3 is 20.1 Å². The number of benzene rings is 2. The van der Waals surface area contributed by atoms with Gasteiger partial charge in [0.15, 0.2) is 0 Å². The lowest BCUT2D eigenvalue weighted by molar-refractivity contribution is 0.0697. The van der Waals surface area contributed by atoms with Gasteiger partial charge in [0, 0.05) is 18.3 Å². The third-order valence-electron chi connectivity index (χ3n) is 5.32. The van der Waals surface area contributed by atoms with Crippen LogP contribution in [0.1, 0.15) is 27.0 Å². The minimum absolute atomic E-state index is 0.245. The SMILES string of the molecule is O=C(O)c1ccc2c(c1)/C(=C/CN1CNc3ccncc31)c1ccccc1CO2. The van der Waals surface area contributed by atoms with Gasteiger partial charge in [-0.3, -0.25) is 4.98 Å². The van der Waals surface area contributed by atoms with E-state index >= 15 is 0 Å².